The molecule has 0 saturated heterocycles. The van der Waals surface area contributed by atoms with Gasteiger partial charge < -0.3 is 20.3 Å². The van der Waals surface area contributed by atoms with Crippen molar-refractivity contribution in [3.05, 3.63) is 45.4 Å². The summed E-state index contributed by atoms with van der Waals surface area (Å²) in [6.45, 7) is 6.01. The van der Waals surface area contributed by atoms with E-state index in [1.165, 1.54) is 11.3 Å². The van der Waals surface area contributed by atoms with E-state index in [9.17, 15) is 4.79 Å². The molecular weight excluding hydrogens is 406 g/mol. The van der Waals surface area contributed by atoms with Crippen LogP contribution in [-0.4, -0.2) is 34.6 Å². The van der Waals surface area contributed by atoms with Crippen molar-refractivity contribution in [2.45, 2.75) is 32.4 Å². The molecule has 0 aliphatic carbocycles. The molecule has 0 atom stereocenters. The van der Waals surface area contributed by atoms with E-state index in [0.717, 1.165) is 39.4 Å². The highest BCUT2D eigenvalue weighted by molar-refractivity contribution is 7.17. The van der Waals surface area contributed by atoms with Gasteiger partial charge in [-0.3, -0.25) is 4.79 Å². The lowest BCUT2D eigenvalue weighted by Gasteiger charge is -2.30. The zero-order chi connectivity index (χ0) is 20.0. The third-order valence-electron chi connectivity index (χ3n) is 4.93. The van der Waals surface area contributed by atoms with Crippen molar-refractivity contribution >= 4 is 45.1 Å². The van der Waals surface area contributed by atoms with Crippen LogP contribution in [-0.2, 0) is 13.0 Å². The van der Waals surface area contributed by atoms with Crippen LogP contribution in [0.15, 0.2) is 29.8 Å². The first-order valence-electron chi connectivity index (χ1n) is 9.47. The Hall–Kier alpha value is -2.65. The molecule has 2 aromatic heterocycles. The van der Waals surface area contributed by atoms with E-state index in [2.05, 4.69) is 26.6 Å². The number of amides is 1. The molecule has 7 nitrogen and oxygen atoms in total. The molecule has 2 N–H and O–H groups in total. The summed E-state index contributed by atoms with van der Waals surface area (Å²) in [4.78, 5) is 24.5. The quantitative estimate of drug-likeness (QED) is 0.659. The molecule has 150 valence electrons. The van der Waals surface area contributed by atoms with Crippen LogP contribution in [0.3, 0.4) is 0 Å². The van der Waals surface area contributed by atoms with Gasteiger partial charge in [0.05, 0.1) is 24.5 Å². The molecule has 4 heterocycles. The summed E-state index contributed by atoms with van der Waals surface area (Å²) in [6.07, 6.45) is 2.54. The average molecular weight is 428 g/mol. The highest BCUT2D eigenvalue weighted by Gasteiger charge is 2.34. The largest absolute Gasteiger partial charge is 0.490 e. The Kier molecular flexibility index (Phi) is 4.44. The fraction of sp³-hybridized carbons (Fsp3) is 0.350. The van der Waals surface area contributed by atoms with Crippen LogP contribution in [0.2, 0.25) is 0 Å². The number of anilines is 3. The van der Waals surface area contributed by atoms with Crippen LogP contribution in [0.25, 0.3) is 0 Å². The second-order valence-electron chi connectivity index (χ2n) is 7.75. The molecule has 5 rings (SSSR count). The topological polar surface area (TPSA) is 79.4 Å². The maximum Gasteiger partial charge on any atom is 0.263 e. The van der Waals surface area contributed by atoms with E-state index >= 15 is 0 Å². The van der Waals surface area contributed by atoms with Crippen molar-refractivity contribution in [3.8, 4) is 5.75 Å². The van der Waals surface area contributed by atoms with Crippen LogP contribution < -0.4 is 20.3 Å². The van der Waals surface area contributed by atoms with E-state index in [-0.39, 0.29) is 11.4 Å². The molecule has 3 aromatic rings. The fourth-order valence-corrected chi connectivity index (χ4v) is 5.20. The number of rotatable bonds is 4. The number of fused-ring (bicyclic) bond motifs is 2. The van der Waals surface area contributed by atoms with Gasteiger partial charge in [0.2, 0.25) is 0 Å². The molecule has 9 heteroatoms. The number of ether oxygens (including phenoxy) is 1. The van der Waals surface area contributed by atoms with Crippen molar-refractivity contribution in [2.75, 3.05) is 23.4 Å². The van der Waals surface area contributed by atoms with Crippen LogP contribution in [0, 0.1) is 0 Å². The third kappa shape index (κ3) is 3.56. The number of hydrogen-bond acceptors (Lipinski definition) is 8. The van der Waals surface area contributed by atoms with Gasteiger partial charge >= 0.3 is 0 Å². The first-order valence-corrected chi connectivity index (χ1v) is 11.2. The fourth-order valence-electron chi connectivity index (χ4n) is 3.62. The second kappa shape index (κ2) is 7.00. The molecule has 0 spiro atoms. The van der Waals surface area contributed by atoms with Crippen molar-refractivity contribution in [1.29, 1.82) is 0 Å². The third-order valence-corrected chi connectivity index (χ3v) is 6.83. The van der Waals surface area contributed by atoms with Gasteiger partial charge in [-0.15, -0.1) is 11.3 Å². The van der Waals surface area contributed by atoms with Crippen molar-refractivity contribution in [2.24, 2.45) is 0 Å². The maximum atomic E-state index is 12.5. The summed E-state index contributed by atoms with van der Waals surface area (Å²) in [6, 6.07) is 6.07. The van der Waals surface area contributed by atoms with Gasteiger partial charge in [-0.1, -0.05) is 11.3 Å². The minimum Gasteiger partial charge on any atom is -0.490 e. The van der Waals surface area contributed by atoms with Crippen LogP contribution >= 0.6 is 22.7 Å². The normalized spacial score (nSPS) is 17.2. The molecule has 1 aromatic carbocycles. The molecule has 0 unspecified atom stereocenters. The Labute approximate surface area is 176 Å². The lowest BCUT2D eigenvalue weighted by Crippen LogP contribution is -2.48. The Morgan fingerprint density at radius 1 is 1.38 bits per heavy atom. The summed E-state index contributed by atoms with van der Waals surface area (Å²) in [7, 11) is 0. The first kappa shape index (κ1) is 18.4. The van der Waals surface area contributed by atoms with E-state index in [1.54, 1.807) is 11.3 Å². The molecule has 0 saturated carbocycles. The predicted octanol–water partition coefficient (Wildman–Crippen LogP) is 3.81. The predicted molar refractivity (Wildman–Crippen MR) is 116 cm³/mol. The molecule has 1 amide bonds. The Morgan fingerprint density at radius 2 is 2.28 bits per heavy atom. The van der Waals surface area contributed by atoms with Gasteiger partial charge in [0.25, 0.3) is 5.91 Å². The van der Waals surface area contributed by atoms with Crippen LogP contribution in [0.5, 0.6) is 5.75 Å². The van der Waals surface area contributed by atoms with Crippen molar-refractivity contribution < 1.29 is 9.53 Å². The van der Waals surface area contributed by atoms with Gasteiger partial charge in [0.15, 0.2) is 5.13 Å². The number of nitrogens with one attached hydrogen (secondary N) is 2. The summed E-state index contributed by atoms with van der Waals surface area (Å²) >= 11 is 3.08. The number of carbonyl (C=O) groups excluding carboxylic acids is 1. The average Bonchev–Trinajstić information content (AvgIpc) is 3.34. The standard InChI is InChI=1S/C20H21N5O2S2/c1-20(2)10-13-17(18(26)24-20)29-19(23-13)25-6-7-27-15-4-3-12(9-14(15)25)22-11-16-21-5-8-28-16/h3-5,8-9,22H,6-7,10-11H2,1-2H3,(H,24,26). The first-order chi connectivity index (χ1) is 14.0. The molecule has 0 radical (unpaired) electrons. The maximum absolute atomic E-state index is 12.5. The highest BCUT2D eigenvalue weighted by atomic mass is 32.1. The number of nitrogens with zero attached hydrogens (tertiary/aromatic N) is 3. The summed E-state index contributed by atoms with van der Waals surface area (Å²) < 4.78 is 5.85. The molecule has 29 heavy (non-hydrogen) atoms. The number of hydrogen-bond donors (Lipinski definition) is 2. The molecular formula is C20H21N5O2S2. The Bertz CT molecular complexity index is 1060. The molecule has 0 fully saturated rings. The number of aromatic nitrogens is 2. The smallest absolute Gasteiger partial charge is 0.263 e. The number of thiazole rings is 2. The van der Waals surface area contributed by atoms with Gasteiger partial charge in [-0.05, 0) is 32.0 Å². The van der Waals surface area contributed by atoms with E-state index in [4.69, 9.17) is 9.72 Å². The Morgan fingerprint density at radius 3 is 3.10 bits per heavy atom. The van der Waals surface area contributed by atoms with Gasteiger partial charge in [0.1, 0.15) is 22.2 Å². The number of benzene rings is 1. The van der Waals surface area contributed by atoms with E-state index < -0.39 is 0 Å². The monoisotopic (exact) mass is 427 g/mol. The molecule has 2 aliphatic heterocycles. The van der Waals surface area contributed by atoms with Crippen molar-refractivity contribution in [3.63, 3.8) is 0 Å². The van der Waals surface area contributed by atoms with E-state index in [0.29, 0.717) is 24.6 Å². The van der Waals surface area contributed by atoms with Crippen LogP contribution in [0.1, 0.15) is 34.2 Å². The minimum atomic E-state index is -0.273. The minimum absolute atomic E-state index is 0.0349. The summed E-state index contributed by atoms with van der Waals surface area (Å²) in [5.74, 6) is 0.793. The number of carbonyl (C=O) groups is 1. The van der Waals surface area contributed by atoms with Crippen LogP contribution in [0.4, 0.5) is 16.5 Å². The summed E-state index contributed by atoms with van der Waals surface area (Å²) in [5.41, 5.74) is 2.57. The van der Waals surface area contributed by atoms with Gasteiger partial charge in [0, 0.05) is 29.2 Å². The SMILES string of the molecule is CC1(C)Cc2nc(N3CCOc4ccc(NCc5nccs5)cc43)sc2C(=O)N1. The van der Waals surface area contributed by atoms with E-state index in [1.807, 2.05) is 37.6 Å². The highest BCUT2D eigenvalue weighted by Crippen LogP contribution is 2.41. The lowest BCUT2D eigenvalue weighted by atomic mass is 9.94. The van der Waals surface area contributed by atoms with Gasteiger partial charge in [-0.25, -0.2) is 9.97 Å². The van der Waals surface area contributed by atoms with Gasteiger partial charge in [-0.2, -0.15) is 0 Å². The molecule has 2 aliphatic rings. The second-order valence-corrected chi connectivity index (χ2v) is 9.71. The molecule has 0 bridgehead atoms. The van der Waals surface area contributed by atoms with Crippen molar-refractivity contribution in [1.82, 2.24) is 15.3 Å². The zero-order valence-corrected chi connectivity index (χ0v) is 17.8. The zero-order valence-electron chi connectivity index (χ0n) is 16.2. The summed E-state index contributed by atoms with van der Waals surface area (Å²) in [5, 5.41) is 10.3. The Balaban J connectivity index is 1.45. The lowest BCUT2D eigenvalue weighted by molar-refractivity contribution is 0.0901.